The van der Waals surface area contributed by atoms with E-state index in [1.807, 2.05) is 12.1 Å². The topological polar surface area (TPSA) is 21.3 Å². The van der Waals surface area contributed by atoms with Crippen LogP contribution in [0.25, 0.3) is 71.3 Å². The Morgan fingerprint density at radius 2 is 0.980 bits per heavy atom. The first-order valence-corrected chi connectivity index (χ1v) is 16.7. The fourth-order valence-corrected chi connectivity index (χ4v) is 7.44. The smallest absolute Gasteiger partial charge is 0.136 e. The maximum atomic E-state index is 6.21. The Balaban J connectivity index is 1.11. The highest BCUT2D eigenvalue weighted by Crippen LogP contribution is 2.40. The highest BCUT2D eigenvalue weighted by Gasteiger charge is 2.17. The average molecular weight is 627 g/mol. The molecule has 0 aliphatic heterocycles. The summed E-state index contributed by atoms with van der Waals surface area (Å²) in [5.74, 6) is 0. The van der Waals surface area contributed by atoms with E-state index in [1.165, 1.54) is 32.6 Å². The normalized spacial score (nSPS) is 11.7. The first kappa shape index (κ1) is 27.5. The van der Waals surface area contributed by atoms with Gasteiger partial charge in [-0.05, 0) is 94.7 Å². The zero-order valence-corrected chi connectivity index (χ0v) is 26.6. The first-order chi connectivity index (χ1) is 24.3. The van der Waals surface area contributed by atoms with Crippen LogP contribution in [0.5, 0.6) is 0 Å². The highest BCUT2D eigenvalue weighted by molar-refractivity contribution is 6.09. The Hall–Kier alpha value is -6.58. The van der Waals surface area contributed by atoms with Gasteiger partial charge in [-0.2, -0.15) is 0 Å². The van der Waals surface area contributed by atoms with Crippen LogP contribution in [0, 0.1) is 0 Å². The number of furan rings is 1. The summed E-state index contributed by atoms with van der Waals surface area (Å²) in [6.07, 6.45) is 0. The molecule has 230 valence electrons. The monoisotopic (exact) mass is 626 g/mol. The molecular formula is C46H30N2O. The molecule has 10 aromatic rings. The second-order valence-corrected chi connectivity index (χ2v) is 12.6. The van der Waals surface area contributed by atoms with E-state index in [1.54, 1.807) is 0 Å². The van der Waals surface area contributed by atoms with Gasteiger partial charge in [0.2, 0.25) is 0 Å². The summed E-state index contributed by atoms with van der Waals surface area (Å²) in [7, 11) is 0. The molecule has 0 N–H and O–H groups in total. The van der Waals surface area contributed by atoms with E-state index < -0.39 is 0 Å². The van der Waals surface area contributed by atoms with Gasteiger partial charge in [-0.25, -0.2) is 0 Å². The quantitative estimate of drug-likeness (QED) is 0.190. The van der Waals surface area contributed by atoms with Crippen molar-refractivity contribution >= 4 is 71.6 Å². The molecule has 0 bridgehead atoms. The molecule has 0 radical (unpaired) electrons. The highest BCUT2D eigenvalue weighted by atomic mass is 16.3. The summed E-state index contributed by atoms with van der Waals surface area (Å²) in [4.78, 5) is 2.36. The van der Waals surface area contributed by atoms with Gasteiger partial charge >= 0.3 is 0 Å². The summed E-state index contributed by atoms with van der Waals surface area (Å²) in [6, 6.07) is 65.1. The van der Waals surface area contributed by atoms with Gasteiger partial charge in [0.25, 0.3) is 0 Å². The van der Waals surface area contributed by atoms with Crippen LogP contribution in [0.1, 0.15) is 0 Å². The van der Waals surface area contributed by atoms with E-state index in [0.717, 1.165) is 55.8 Å². The summed E-state index contributed by atoms with van der Waals surface area (Å²) in [5.41, 5.74) is 10.9. The third-order valence-electron chi connectivity index (χ3n) is 9.76. The number of hydrogen-bond acceptors (Lipinski definition) is 2. The number of nitrogens with zero attached hydrogens (tertiary/aromatic N) is 2. The van der Waals surface area contributed by atoms with Gasteiger partial charge in [-0.3, -0.25) is 0 Å². The molecule has 0 atom stereocenters. The number of anilines is 3. The largest absolute Gasteiger partial charge is 0.456 e. The van der Waals surface area contributed by atoms with Crippen LogP contribution in [0.15, 0.2) is 186 Å². The van der Waals surface area contributed by atoms with E-state index in [2.05, 4.69) is 179 Å². The van der Waals surface area contributed by atoms with Crippen molar-refractivity contribution < 1.29 is 4.42 Å². The number of rotatable bonds is 5. The van der Waals surface area contributed by atoms with E-state index in [4.69, 9.17) is 4.42 Å². The molecule has 0 fully saturated rings. The number of benzene rings is 8. The molecule has 2 heterocycles. The van der Waals surface area contributed by atoms with E-state index >= 15 is 0 Å². The second-order valence-electron chi connectivity index (χ2n) is 12.6. The van der Waals surface area contributed by atoms with Gasteiger partial charge in [-0.1, -0.05) is 109 Å². The van der Waals surface area contributed by atoms with Gasteiger partial charge in [-0.15, -0.1) is 0 Å². The Labute approximate surface area is 283 Å². The molecule has 0 amide bonds. The molecule has 49 heavy (non-hydrogen) atoms. The predicted molar refractivity (Wildman–Crippen MR) is 206 cm³/mol. The first-order valence-electron chi connectivity index (χ1n) is 16.7. The van der Waals surface area contributed by atoms with Gasteiger partial charge in [0.15, 0.2) is 0 Å². The minimum atomic E-state index is 0.905. The lowest BCUT2D eigenvalue weighted by molar-refractivity contribution is 0.669. The van der Waals surface area contributed by atoms with Crippen LogP contribution in [0.3, 0.4) is 0 Å². The predicted octanol–water partition coefficient (Wildman–Crippen LogP) is 13.0. The van der Waals surface area contributed by atoms with Gasteiger partial charge in [0, 0.05) is 44.3 Å². The molecule has 0 spiro atoms. The Kier molecular flexibility index (Phi) is 6.18. The van der Waals surface area contributed by atoms with Gasteiger partial charge in [0.1, 0.15) is 11.2 Å². The summed E-state index contributed by atoms with van der Waals surface area (Å²) < 4.78 is 8.59. The molecule has 2 aromatic heterocycles. The minimum Gasteiger partial charge on any atom is -0.456 e. The molecule has 3 nitrogen and oxygen atoms in total. The summed E-state index contributed by atoms with van der Waals surface area (Å²) in [5, 5.41) is 7.23. The Morgan fingerprint density at radius 1 is 0.367 bits per heavy atom. The van der Waals surface area contributed by atoms with Crippen LogP contribution >= 0.6 is 0 Å². The number of fused-ring (bicyclic) bond motifs is 7. The van der Waals surface area contributed by atoms with Crippen molar-refractivity contribution in [2.75, 3.05) is 4.90 Å². The zero-order chi connectivity index (χ0) is 32.3. The molecule has 10 rings (SSSR count). The van der Waals surface area contributed by atoms with Crippen LogP contribution in [0.4, 0.5) is 17.1 Å². The number of hydrogen-bond donors (Lipinski definition) is 0. The van der Waals surface area contributed by atoms with Gasteiger partial charge in [0.05, 0.1) is 11.0 Å². The molecule has 0 unspecified atom stereocenters. The van der Waals surface area contributed by atoms with E-state index in [-0.39, 0.29) is 0 Å². The van der Waals surface area contributed by atoms with Crippen LogP contribution in [0.2, 0.25) is 0 Å². The maximum Gasteiger partial charge on any atom is 0.136 e. The minimum absolute atomic E-state index is 0.905. The van der Waals surface area contributed by atoms with Crippen molar-refractivity contribution in [1.29, 1.82) is 0 Å². The van der Waals surface area contributed by atoms with Crippen LogP contribution in [-0.2, 0) is 0 Å². The molecule has 0 saturated carbocycles. The zero-order valence-electron chi connectivity index (χ0n) is 26.6. The van der Waals surface area contributed by atoms with Crippen molar-refractivity contribution in [1.82, 2.24) is 4.57 Å². The standard InChI is InChI=1S/C46H30N2O/c1-2-11-33-28-38(26-22-31(33)10-1)47(35-24-20-32(21-25-35)34-23-27-42-41-16-5-8-19-45(41)49-46(42)29-34)36-12-9-13-37(30-36)48-43-17-6-3-14-39(43)40-15-4-7-18-44(40)48/h1-30H. The van der Waals surface area contributed by atoms with Crippen molar-refractivity contribution in [3.8, 4) is 16.8 Å². The Morgan fingerprint density at radius 3 is 1.78 bits per heavy atom. The SMILES string of the molecule is c1cc(N(c2ccc(-c3ccc4c(c3)oc3ccccc34)cc2)c2ccc3ccccc3c2)cc(-n2c3ccccc3c3ccccc32)c1. The van der Waals surface area contributed by atoms with Crippen molar-refractivity contribution in [2.24, 2.45) is 0 Å². The van der Waals surface area contributed by atoms with Crippen molar-refractivity contribution in [3.63, 3.8) is 0 Å². The van der Waals surface area contributed by atoms with Crippen molar-refractivity contribution in [2.45, 2.75) is 0 Å². The van der Waals surface area contributed by atoms with Crippen LogP contribution < -0.4 is 4.90 Å². The fraction of sp³-hybridized carbons (Fsp3) is 0. The summed E-state index contributed by atoms with van der Waals surface area (Å²) >= 11 is 0. The molecule has 0 aliphatic rings. The van der Waals surface area contributed by atoms with Crippen LogP contribution in [-0.4, -0.2) is 4.57 Å². The molecular weight excluding hydrogens is 597 g/mol. The Bertz CT molecular complexity index is 2790. The molecule has 3 heteroatoms. The average Bonchev–Trinajstić information content (AvgIpc) is 3.71. The maximum absolute atomic E-state index is 6.21. The third-order valence-corrected chi connectivity index (χ3v) is 9.76. The lowest BCUT2D eigenvalue weighted by Gasteiger charge is -2.27. The van der Waals surface area contributed by atoms with Gasteiger partial charge < -0.3 is 13.9 Å². The molecule has 8 aromatic carbocycles. The van der Waals surface area contributed by atoms with E-state index in [9.17, 15) is 0 Å². The number of para-hydroxylation sites is 3. The van der Waals surface area contributed by atoms with E-state index in [0.29, 0.717) is 0 Å². The fourth-order valence-electron chi connectivity index (χ4n) is 7.44. The summed E-state index contributed by atoms with van der Waals surface area (Å²) in [6.45, 7) is 0. The van der Waals surface area contributed by atoms with Crippen molar-refractivity contribution in [3.05, 3.63) is 182 Å². The third kappa shape index (κ3) is 4.51. The lowest BCUT2D eigenvalue weighted by atomic mass is 10.0. The molecule has 0 aliphatic carbocycles. The lowest BCUT2D eigenvalue weighted by Crippen LogP contribution is -2.10. The number of aromatic nitrogens is 1. The second kappa shape index (κ2) is 11.0. The molecule has 0 saturated heterocycles.